The Morgan fingerprint density at radius 1 is 0.938 bits per heavy atom. The molecule has 0 aliphatic rings. The first-order chi connectivity index (χ1) is 15.6. The van der Waals surface area contributed by atoms with Crippen LogP contribution in [0.2, 0.25) is 0 Å². The molecule has 2 aromatic heterocycles. The number of benzene rings is 3. The maximum absolute atomic E-state index is 13.3. The van der Waals surface area contributed by atoms with Gasteiger partial charge in [-0.25, -0.2) is 0 Å². The summed E-state index contributed by atoms with van der Waals surface area (Å²) >= 11 is 0. The molecule has 6 heteroatoms. The molecule has 158 valence electrons. The highest BCUT2D eigenvalue weighted by Crippen LogP contribution is 2.24. The number of carbonyl (C=O) groups excluding carboxylic acids is 1. The molecule has 5 rings (SSSR count). The molecule has 0 radical (unpaired) electrons. The molecule has 1 amide bonds. The van der Waals surface area contributed by atoms with Crippen LogP contribution in [0.1, 0.15) is 15.9 Å². The Morgan fingerprint density at radius 2 is 1.72 bits per heavy atom. The monoisotopic (exact) mass is 423 g/mol. The molecule has 2 heterocycles. The summed E-state index contributed by atoms with van der Waals surface area (Å²) < 4.78 is 6.79. The number of carbonyl (C=O) groups is 1. The Kier molecular flexibility index (Phi) is 4.95. The predicted molar refractivity (Wildman–Crippen MR) is 127 cm³/mol. The quantitative estimate of drug-likeness (QED) is 0.427. The lowest BCUT2D eigenvalue weighted by atomic mass is 10.1. The highest BCUT2D eigenvalue weighted by Gasteiger charge is 2.16. The number of rotatable bonds is 5. The van der Waals surface area contributed by atoms with E-state index in [9.17, 15) is 9.59 Å². The summed E-state index contributed by atoms with van der Waals surface area (Å²) in [6.07, 6.45) is 3.48. The van der Waals surface area contributed by atoms with Gasteiger partial charge in [-0.3, -0.25) is 9.59 Å². The van der Waals surface area contributed by atoms with Gasteiger partial charge >= 0.3 is 0 Å². The zero-order valence-electron chi connectivity index (χ0n) is 17.5. The molecule has 0 saturated heterocycles. The molecule has 5 aromatic rings. The first-order valence-electron chi connectivity index (χ1n) is 10.3. The lowest BCUT2D eigenvalue weighted by Gasteiger charge is -2.13. The van der Waals surface area contributed by atoms with E-state index in [0.717, 1.165) is 22.2 Å². The van der Waals surface area contributed by atoms with E-state index in [1.54, 1.807) is 30.0 Å². The van der Waals surface area contributed by atoms with E-state index >= 15 is 0 Å². The third kappa shape index (κ3) is 3.52. The number of hydrogen-bond donors (Lipinski definition) is 2. The number of H-pyrrole nitrogens is 1. The molecule has 6 nitrogen and oxygen atoms in total. The number of fused-ring (bicyclic) bond motifs is 2. The number of nitrogens with one attached hydrogen (secondary N) is 2. The number of anilines is 1. The van der Waals surface area contributed by atoms with E-state index in [0.29, 0.717) is 28.6 Å². The highest BCUT2D eigenvalue weighted by molar-refractivity contribution is 6.14. The van der Waals surface area contributed by atoms with Crippen LogP contribution in [0, 0.1) is 0 Å². The Morgan fingerprint density at radius 3 is 2.50 bits per heavy atom. The van der Waals surface area contributed by atoms with Gasteiger partial charge in [-0.2, -0.15) is 0 Å². The zero-order valence-corrected chi connectivity index (χ0v) is 17.5. The van der Waals surface area contributed by atoms with E-state index in [1.807, 2.05) is 66.9 Å². The first-order valence-corrected chi connectivity index (χ1v) is 10.3. The normalized spacial score (nSPS) is 11.0. The third-order valence-corrected chi connectivity index (χ3v) is 5.59. The number of amides is 1. The van der Waals surface area contributed by atoms with E-state index < -0.39 is 0 Å². The van der Waals surface area contributed by atoms with Gasteiger partial charge in [-0.1, -0.05) is 36.4 Å². The predicted octanol–water partition coefficient (Wildman–Crippen LogP) is 4.79. The zero-order chi connectivity index (χ0) is 22.1. The van der Waals surface area contributed by atoms with E-state index in [4.69, 9.17) is 4.74 Å². The molecular formula is C26H21N3O3. The Labute approximate surface area is 184 Å². The summed E-state index contributed by atoms with van der Waals surface area (Å²) in [6, 6.07) is 22.4. The largest absolute Gasteiger partial charge is 0.497 e. The van der Waals surface area contributed by atoms with Gasteiger partial charge in [-0.15, -0.1) is 0 Å². The fourth-order valence-corrected chi connectivity index (χ4v) is 3.95. The van der Waals surface area contributed by atoms with Gasteiger partial charge in [0.25, 0.3) is 11.5 Å². The highest BCUT2D eigenvalue weighted by atomic mass is 16.5. The molecule has 0 fully saturated rings. The second-order valence-corrected chi connectivity index (χ2v) is 7.57. The number of aromatic amines is 1. The number of methoxy groups -OCH3 is 1. The minimum absolute atomic E-state index is 0.138. The molecule has 3 aromatic carbocycles. The lowest BCUT2D eigenvalue weighted by Crippen LogP contribution is -2.24. The number of pyridine rings is 1. The van der Waals surface area contributed by atoms with Gasteiger partial charge in [0.1, 0.15) is 5.75 Å². The third-order valence-electron chi connectivity index (χ3n) is 5.59. The molecule has 2 N–H and O–H groups in total. The Bertz CT molecular complexity index is 1500. The summed E-state index contributed by atoms with van der Waals surface area (Å²) in [5.74, 6) is 0.483. The van der Waals surface area contributed by atoms with Crippen LogP contribution in [0.5, 0.6) is 5.75 Å². The second-order valence-electron chi connectivity index (χ2n) is 7.57. The molecule has 0 saturated carbocycles. The van der Waals surface area contributed by atoms with Crippen LogP contribution in [0.25, 0.3) is 21.7 Å². The fraction of sp³-hybridized carbons (Fsp3) is 0.0769. The summed E-state index contributed by atoms with van der Waals surface area (Å²) in [7, 11) is 1.61. The van der Waals surface area contributed by atoms with Crippen molar-refractivity contribution >= 4 is 33.3 Å². The number of hydrogen-bond acceptors (Lipinski definition) is 3. The SMILES string of the molecule is COc1ccc(Cn2cc(C(=O)Nc3cccc4[nH]ccc34)c3ccccc3c2=O)cc1. The van der Waals surface area contributed by atoms with Crippen molar-refractivity contribution in [1.82, 2.24) is 9.55 Å². The van der Waals surface area contributed by atoms with Gasteiger partial charge in [0, 0.05) is 34.1 Å². The van der Waals surface area contributed by atoms with Crippen LogP contribution < -0.4 is 15.6 Å². The average Bonchev–Trinajstić information content (AvgIpc) is 3.31. The van der Waals surface area contributed by atoms with Crippen LogP contribution in [0.4, 0.5) is 5.69 Å². The molecule has 0 unspecified atom stereocenters. The average molecular weight is 423 g/mol. The second kappa shape index (κ2) is 8.07. The molecule has 0 spiro atoms. The number of nitrogens with zero attached hydrogens (tertiary/aromatic N) is 1. The minimum atomic E-state index is -0.265. The van der Waals surface area contributed by atoms with Crippen LogP contribution >= 0.6 is 0 Å². The summed E-state index contributed by atoms with van der Waals surface area (Å²) in [5, 5.41) is 5.08. The number of aromatic nitrogens is 2. The van der Waals surface area contributed by atoms with Crippen molar-refractivity contribution in [2.75, 3.05) is 12.4 Å². The van der Waals surface area contributed by atoms with Crippen molar-refractivity contribution in [1.29, 1.82) is 0 Å². The van der Waals surface area contributed by atoms with Crippen molar-refractivity contribution < 1.29 is 9.53 Å². The maximum Gasteiger partial charge on any atom is 0.258 e. The van der Waals surface area contributed by atoms with Crippen LogP contribution in [-0.4, -0.2) is 22.6 Å². The molecule has 32 heavy (non-hydrogen) atoms. The summed E-state index contributed by atoms with van der Waals surface area (Å²) in [5.41, 5.74) is 2.90. The Hall–Kier alpha value is -4.32. The van der Waals surface area contributed by atoms with Gasteiger partial charge in [0.2, 0.25) is 0 Å². The molecule has 0 bridgehead atoms. The van der Waals surface area contributed by atoms with Gasteiger partial charge < -0.3 is 19.6 Å². The maximum atomic E-state index is 13.3. The van der Waals surface area contributed by atoms with Gasteiger partial charge in [0.05, 0.1) is 24.9 Å². The van der Waals surface area contributed by atoms with E-state index in [1.165, 1.54) is 0 Å². The van der Waals surface area contributed by atoms with Crippen molar-refractivity contribution in [3.8, 4) is 5.75 Å². The van der Waals surface area contributed by atoms with Crippen molar-refractivity contribution in [3.63, 3.8) is 0 Å². The van der Waals surface area contributed by atoms with Crippen molar-refractivity contribution in [2.24, 2.45) is 0 Å². The first kappa shape index (κ1) is 19.6. The van der Waals surface area contributed by atoms with Crippen LogP contribution in [0.3, 0.4) is 0 Å². The molecular weight excluding hydrogens is 402 g/mol. The lowest BCUT2D eigenvalue weighted by molar-refractivity contribution is 0.102. The Balaban J connectivity index is 1.57. The van der Waals surface area contributed by atoms with Crippen molar-refractivity contribution in [3.05, 3.63) is 107 Å². The standard InChI is InChI=1S/C26H21N3O3/c1-32-18-11-9-17(10-12-18)15-29-16-22(19-5-2-3-6-20(19)26(29)31)25(30)28-24-8-4-7-23-21(24)13-14-27-23/h2-14,16,27H,15H2,1H3,(H,28,30). The van der Waals surface area contributed by atoms with Gasteiger partial charge in [-0.05, 0) is 42.0 Å². The van der Waals surface area contributed by atoms with Crippen LogP contribution in [0.15, 0.2) is 90.0 Å². The molecule has 0 aliphatic carbocycles. The topological polar surface area (TPSA) is 76.1 Å². The van der Waals surface area contributed by atoms with E-state index in [2.05, 4.69) is 10.3 Å². The summed E-state index contributed by atoms with van der Waals surface area (Å²) in [6.45, 7) is 0.349. The van der Waals surface area contributed by atoms with Crippen molar-refractivity contribution in [2.45, 2.75) is 6.54 Å². The summed E-state index contributed by atoms with van der Waals surface area (Å²) in [4.78, 5) is 29.6. The smallest absolute Gasteiger partial charge is 0.258 e. The molecule has 0 atom stereocenters. The van der Waals surface area contributed by atoms with Gasteiger partial charge in [0.15, 0.2) is 0 Å². The fourth-order valence-electron chi connectivity index (χ4n) is 3.95. The minimum Gasteiger partial charge on any atom is -0.497 e. The van der Waals surface area contributed by atoms with Crippen LogP contribution in [-0.2, 0) is 6.54 Å². The molecule has 0 aliphatic heterocycles. The number of ether oxygens (including phenoxy) is 1. The van der Waals surface area contributed by atoms with E-state index in [-0.39, 0.29) is 11.5 Å².